The van der Waals surface area contributed by atoms with E-state index in [4.69, 9.17) is 5.11 Å². The first-order valence-corrected chi connectivity index (χ1v) is 7.40. The number of rotatable bonds is 5. The molecule has 1 aromatic heterocycles. The minimum Gasteiger partial charge on any atom is -0.477 e. The topological polar surface area (TPSA) is 94.9 Å². The zero-order chi connectivity index (χ0) is 14.1. The summed E-state index contributed by atoms with van der Waals surface area (Å²) in [5.41, 5.74) is 0.413. The van der Waals surface area contributed by atoms with Gasteiger partial charge in [0.05, 0.1) is 6.10 Å². The quantitative estimate of drug-likeness (QED) is 0.835. The molecule has 1 rings (SSSR count). The minimum atomic E-state index is -3.74. The maximum atomic E-state index is 12.1. The lowest BCUT2D eigenvalue weighted by atomic mass is 10.3. The van der Waals surface area contributed by atoms with Gasteiger partial charge < -0.3 is 10.2 Å². The van der Waals surface area contributed by atoms with E-state index in [9.17, 15) is 18.3 Å². The molecule has 1 heterocycles. The third-order valence-electron chi connectivity index (χ3n) is 2.28. The highest BCUT2D eigenvalue weighted by Crippen LogP contribution is 2.28. The Morgan fingerprint density at radius 3 is 2.50 bits per heavy atom. The van der Waals surface area contributed by atoms with Crippen LogP contribution in [-0.2, 0) is 10.0 Å². The molecule has 0 aliphatic heterocycles. The van der Waals surface area contributed by atoms with Crippen LogP contribution < -0.4 is 0 Å². The summed E-state index contributed by atoms with van der Waals surface area (Å²) < 4.78 is 25.2. The molecule has 0 radical (unpaired) electrons. The average Bonchev–Trinajstić information content (AvgIpc) is 2.59. The van der Waals surface area contributed by atoms with Crippen molar-refractivity contribution in [1.29, 1.82) is 0 Å². The van der Waals surface area contributed by atoms with Crippen LogP contribution in [0.5, 0.6) is 0 Å². The standard InChI is InChI=1S/C10H15NO5S2/c1-6-4-8(17-9(6)10(13)14)18(15,16)11(3)5-7(2)12/h4,7,12H,5H2,1-3H3,(H,13,14). The van der Waals surface area contributed by atoms with Gasteiger partial charge in [0.2, 0.25) is 0 Å². The summed E-state index contributed by atoms with van der Waals surface area (Å²) in [6.07, 6.45) is -0.787. The lowest BCUT2D eigenvalue weighted by Gasteiger charge is -2.17. The normalized spacial score (nSPS) is 13.8. The second-order valence-electron chi connectivity index (χ2n) is 4.02. The van der Waals surface area contributed by atoms with Gasteiger partial charge in [-0.15, -0.1) is 11.3 Å². The predicted octanol–water partition coefficient (Wildman–Crippen LogP) is 0.756. The van der Waals surface area contributed by atoms with E-state index < -0.39 is 22.1 Å². The fourth-order valence-corrected chi connectivity index (χ4v) is 4.26. The van der Waals surface area contributed by atoms with Gasteiger partial charge in [-0.3, -0.25) is 0 Å². The summed E-state index contributed by atoms with van der Waals surface area (Å²) in [6.45, 7) is 2.99. The molecule has 0 saturated heterocycles. The van der Waals surface area contributed by atoms with Crippen LogP contribution in [0.4, 0.5) is 0 Å². The zero-order valence-electron chi connectivity index (χ0n) is 10.2. The van der Waals surface area contributed by atoms with Gasteiger partial charge in [-0.1, -0.05) is 0 Å². The van der Waals surface area contributed by atoms with Gasteiger partial charge in [0.1, 0.15) is 9.09 Å². The lowest BCUT2D eigenvalue weighted by Crippen LogP contribution is -2.32. The average molecular weight is 293 g/mol. The van der Waals surface area contributed by atoms with Crippen molar-refractivity contribution in [3.05, 3.63) is 16.5 Å². The third kappa shape index (κ3) is 3.08. The molecular formula is C10H15NO5S2. The van der Waals surface area contributed by atoms with E-state index in [-0.39, 0.29) is 15.6 Å². The van der Waals surface area contributed by atoms with Crippen LogP contribution in [0.3, 0.4) is 0 Å². The number of nitrogens with zero attached hydrogens (tertiary/aromatic N) is 1. The van der Waals surface area contributed by atoms with E-state index in [1.165, 1.54) is 20.0 Å². The molecule has 0 bridgehead atoms. The van der Waals surface area contributed by atoms with Gasteiger partial charge in [0.25, 0.3) is 10.0 Å². The smallest absolute Gasteiger partial charge is 0.346 e. The highest BCUT2D eigenvalue weighted by atomic mass is 32.2. The number of hydrogen-bond acceptors (Lipinski definition) is 5. The Hall–Kier alpha value is -0.960. The Kier molecular flexibility index (Phi) is 4.49. The zero-order valence-corrected chi connectivity index (χ0v) is 11.9. The molecule has 1 aromatic rings. The van der Waals surface area contributed by atoms with Gasteiger partial charge in [0, 0.05) is 13.6 Å². The number of aliphatic hydroxyl groups excluding tert-OH is 1. The van der Waals surface area contributed by atoms with Gasteiger partial charge in [-0.25, -0.2) is 13.2 Å². The number of carbonyl (C=O) groups is 1. The molecule has 0 aliphatic rings. The van der Waals surface area contributed by atoms with E-state index in [0.717, 1.165) is 15.6 Å². The van der Waals surface area contributed by atoms with Crippen molar-refractivity contribution >= 4 is 27.3 Å². The van der Waals surface area contributed by atoms with Gasteiger partial charge >= 0.3 is 5.97 Å². The largest absolute Gasteiger partial charge is 0.477 e. The second kappa shape index (κ2) is 5.35. The summed E-state index contributed by atoms with van der Waals surface area (Å²) in [4.78, 5) is 10.9. The van der Waals surface area contributed by atoms with E-state index in [0.29, 0.717) is 5.56 Å². The summed E-state index contributed by atoms with van der Waals surface area (Å²) >= 11 is 0.719. The van der Waals surface area contributed by atoms with Crippen molar-refractivity contribution in [3.8, 4) is 0 Å². The molecule has 6 nitrogen and oxygen atoms in total. The predicted molar refractivity (Wildman–Crippen MR) is 67.5 cm³/mol. The third-order valence-corrected chi connectivity index (χ3v) is 5.77. The molecule has 102 valence electrons. The molecule has 8 heteroatoms. The number of thiophene rings is 1. The molecule has 2 N–H and O–H groups in total. The molecule has 0 fully saturated rings. The number of hydrogen-bond donors (Lipinski definition) is 2. The Balaban J connectivity index is 3.13. The first-order chi connectivity index (χ1) is 8.16. The van der Waals surface area contributed by atoms with Gasteiger partial charge in [-0.2, -0.15) is 4.31 Å². The first-order valence-electron chi connectivity index (χ1n) is 5.14. The van der Waals surface area contributed by atoms with E-state index in [1.807, 2.05) is 0 Å². The number of likely N-dealkylation sites (N-methyl/N-ethyl adjacent to an activating group) is 1. The maximum absolute atomic E-state index is 12.1. The van der Waals surface area contributed by atoms with Crippen molar-refractivity contribution in [2.45, 2.75) is 24.2 Å². The molecule has 1 atom stereocenters. The summed E-state index contributed by atoms with van der Waals surface area (Å²) in [5, 5.41) is 18.1. The highest BCUT2D eigenvalue weighted by Gasteiger charge is 2.26. The molecule has 0 amide bonds. The number of sulfonamides is 1. The molecular weight excluding hydrogens is 278 g/mol. The lowest BCUT2D eigenvalue weighted by molar-refractivity contribution is 0.0701. The molecule has 0 saturated carbocycles. The van der Waals surface area contributed by atoms with Crippen molar-refractivity contribution in [3.63, 3.8) is 0 Å². The number of carboxylic acid groups (broad SMARTS) is 1. The number of aryl methyl sites for hydroxylation is 1. The molecule has 0 aromatic carbocycles. The van der Waals surface area contributed by atoms with Crippen LogP contribution >= 0.6 is 11.3 Å². The highest BCUT2D eigenvalue weighted by molar-refractivity contribution is 7.91. The molecule has 0 spiro atoms. The fourth-order valence-electron chi connectivity index (χ4n) is 1.42. The minimum absolute atomic E-state index is 0.0130. The summed E-state index contributed by atoms with van der Waals surface area (Å²) in [6, 6.07) is 1.34. The summed E-state index contributed by atoms with van der Waals surface area (Å²) in [5.74, 6) is -1.14. The van der Waals surface area contributed by atoms with Crippen LogP contribution in [0.25, 0.3) is 0 Å². The Morgan fingerprint density at radius 1 is 1.56 bits per heavy atom. The monoisotopic (exact) mass is 293 g/mol. The number of aliphatic hydroxyl groups is 1. The van der Waals surface area contributed by atoms with Crippen molar-refractivity contribution in [2.75, 3.05) is 13.6 Å². The summed E-state index contributed by atoms with van der Waals surface area (Å²) in [7, 11) is -2.40. The van der Waals surface area contributed by atoms with Crippen LogP contribution in [0, 0.1) is 6.92 Å². The molecule has 0 aliphatic carbocycles. The van der Waals surface area contributed by atoms with Crippen molar-refractivity contribution in [1.82, 2.24) is 4.31 Å². The van der Waals surface area contributed by atoms with Crippen LogP contribution in [-0.4, -0.2) is 48.6 Å². The number of aromatic carboxylic acids is 1. The maximum Gasteiger partial charge on any atom is 0.346 e. The second-order valence-corrected chi connectivity index (χ2v) is 7.34. The van der Waals surface area contributed by atoms with Crippen molar-refractivity contribution < 1.29 is 23.4 Å². The fraction of sp³-hybridized carbons (Fsp3) is 0.500. The van der Waals surface area contributed by atoms with E-state index >= 15 is 0 Å². The SMILES string of the molecule is Cc1cc(S(=O)(=O)N(C)CC(C)O)sc1C(=O)O. The van der Waals surface area contributed by atoms with E-state index in [2.05, 4.69) is 0 Å². The number of carboxylic acids is 1. The Labute approximate surface area is 110 Å². The van der Waals surface area contributed by atoms with Gasteiger partial charge in [0.15, 0.2) is 0 Å². The van der Waals surface area contributed by atoms with E-state index in [1.54, 1.807) is 6.92 Å². The van der Waals surface area contributed by atoms with Crippen LogP contribution in [0.1, 0.15) is 22.2 Å². The Bertz CT molecular complexity index is 547. The molecule has 1 unspecified atom stereocenters. The first kappa shape index (κ1) is 15.1. The Morgan fingerprint density at radius 2 is 2.11 bits per heavy atom. The van der Waals surface area contributed by atoms with Crippen LogP contribution in [0.15, 0.2) is 10.3 Å². The molecule has 18 heavy (non-hydrogen) atoms. The van der Waals surface area contributed by atoms with Crippen molar-refractivity contribution in [2.24, 2.45) is 0 Å². The van der Waals surface area contributed by atoms with Crippen LogP contribution in [0.2, 0.25) is 0 Å². The van der Waals surface area contributed by atoms with Gasteiger partial charge in [-0.05, 0) is 25.5 Å².